The van der Waals surface area contributed by atoms with Gasteiger partial charge >= 0.3 is 5.97 Å². The number of esters is 1. The number of hydrogen-bond donors (Lipinski definition) is 2. The van der Waals surface area contributed by atoms with Crippen LogP contribution in [0.15, 0.2) is 41.3 Å². The first-order chi connectivity index (χ1) is 14.4. The van der Waals surface area contributed by atoms with Gasteiger partial charge in [0.25, 0.3) is 0 Å². The quantitative estimate of drug-likeness (QED) is 0.497. The highest BCUT2D eigenvalue weighted by Gasteiger charge is 2.44. The second-order valence-corrected chi connectivity index (χ2v) is 10.7. The molecule has 2 N–H and O–H groups in total. The molecule has 3 rings (SSSR count). The first-order valence-corrected chi connectivity index (χ1v) is 11.3. The molecule has 0 spiro atoms. The summed E-state index contributed by atoms with van der Waals surface area (Å²) in [5, 5.41) is 18.7. The minimum absolute atomic E-state index is 0.139. The van der Waals surface area contributed by atoms with Gasteiger partial charge in [0.2, 0.25) is 0 Å². The number of carbonyl (C=O) groups is 2. The zero-order valence-electron chi connectivity index (χ0n) is 18.7. The van der Waals surface area contributed by atoms with Crippen molar-refractivity contribution in [2.45, 2.75) is 75.0 Å². The second-order valence-electron chi connectivity index (χ2n) is 9.56. The highest BCUT2D eigenvalue weighted by molar-refractivity contribution is 8.01. The number of phenols is 2. The molecule has 2 aromatic rings. The molecule has 2 atom stereocenters. The molecule has 0 amide bonds. The lowest BCUT2D eigenvalue weighted by Gasteiger charge is -2.36. The molecule has 0 radical (unpaired) electrons. The van der Waals surface area contributed by atoms with Gasteiger partial charge in [-0.25, -0.2) is 0 Å². The third kappa shape index (κ3) is 5.42. The molecule has 0 bridgehead atoms. The van der Waals surface area contributed by atoms with Crippen LogP contribution in [-0.4, -0.2) is 32.8 Å². The number of Topliss-reactive ketones (excluding diaryl/α,β-unsaturated/α-hetero) is 1. The van der Waals surface area contributed by atoms with Gasteiger partial charge in [0.15, 0.2) is 11.0 Å². The number of ketones is 1. The van der Waals surface area contributed by atoms with Crippen molar-refractivity contribution in [2.75, 3.05) is 0 Å². The van der Waals surface area contributed by atoms with E-state index in [0.29, 0.717) is 18.4 Å². The average molecular weight is 443 g/mol. The Balaban J connectivity index is 1.75. The second kappa shape index (κ2) is 8.58. The number of aryl methyl sites for hydroxylation is 2. The predicted octanol–water partition coefficient (Wildman–Crippen LogP) is 5.07. The summed E-state index contributed by atoms with van der Waals surface area (Å²) in [6, 6.07) is 10.4. The van der Waals surface area contributed by atoms with Crippen LogP contribution in [0.1, 0.15) is 57.2 Å². The summed E-state index contributed by atoms with van der Waals surface area (Å²) in [5.74, 6) is -0.248. The van der Waals surface area contributed by atoms with Crippen LogP contribution >= 0.6 is 11.8 Å². The van der Waals surface area contributed by atoms with Gasteiger partial charge in [-0.3, -0.25) is 9.59 Å². The van der Waals surface area contributed by atoms with E-state index in [1.54, 1.807) is 32.0 Å². The summed E-state index contributed by atoms with van der Waals surface area (Å²) in [6.45, 7) is 9.69. The van der Waals surface area contributed by atoms with Crippen molar-refractivity contribution in [2.24, 2.45) is 0 Å². The molecule has 6 heteroatoms. The van der Waals surface area contributed by atoms with Crippen LogP contribution < -0.4 is 0 Å². The van der Waals surface area contributed by atoms with Gasteiger partial charge in [0.1, 0.15) is 17.1 Å². The Bertz CT molecular complexity index is 970. The lowest BCUT2D eigenvalue weighted by Crippen LogP contribution is -2.47. The molecule has 1 heterocycles. The fourth-order valence-corrected chi connectivity index (χ4v) is 5.08. The molecule has 0 aliphatic carbocycles. The summed E-state index contributed by atoms with van der Waals surface area (Å²) < 4.78 is 5.77. The maximum Gasteiger partial charge on any atom is 0.327 e. The van der Waals surface area contributed by atoms with E-state index in [9.17, 15) is 19.8 Å². The molecule has 1 saturated heterocycles. The van der Waals surface area contributed by atoms with Crippen LogP contribution in [0.2, 0.25) is 0 Å². The van der Waals surface area contributed by atoms with E-state index < -0.39 is 16.8 Å². The number of thioether (sulfide) groups is 1. The molecule has 5 nitrogen and oxygen atoms in total. The van der Waals surface area contributed by atoms with Gasteiger partial charge in [-0.15, -0.1) is 11.8 Å². The van der Waals surface area contributed by atoms with Crippen molar-refractivity contribution in [3.05, 3.63) is 53.1 Å². The topological polar surface area (TPSA) is 83.8 Å². The number of phenolic OH excluding ortho intramolecular Hbond substituents is 2. The Morgan fingerprint density at radius 2 is 1.77 bits per heavy atom. The Labute approximate surface area is 187 Å². The number of cyclic esters (lactones) is 1. The van der Waals surface area contributed by atoms with Gasteiger partial charge in [-0.1, -0.05) is 32.9 Å². The van der Waals surface area contributed by atoms with Crippen LogP contribution in [0.5, 0.6) is 11.5 Å². The molecule has 2 unspecified atom stereocenters. The number of benzene rings is 2. The maximum absolute atomic E-state index is 13.0. The summed E-state index contributed by atoms with van der Waals surface area (Å²) in [7, 11) is 0. The number of aromatic hydroxyl groups is 2. The molecule has 31 heavy (non-hydrogen) atoms. The average Bonchev–Trinajstić information content (AvgIpc) is 2.66. The number of carbonyl (C=O) groups excluding carboxylic acids is 2. The lowest BCUT2D eigenvalue weighted by atomic mass is 9.86. The molecule has 166 valence electrons. The van der Waals surface area contributed by atoms with Gasteiger partial charge in [0.05, 0.1) is 0 Å². The Hall–Kier alpha value is -2.47. The van der Waals surface area contributed by atoms with E-state index in [0.717, 1.165) is 16.0 Å². The van der Waals surface area contributed by atoms with E-state index in [2.05, 4.69) is 0 Å². The summed E-state index contributed by atoms with van der Waals surface area (Å²) >= 11 is 1.21. The van der Waals surface area contributed by atoms with Gasteiger partial charge in [0, 0.05) is 11.3 Å². The molecule has 0 aromatic heterocycles. The summed E-state index contributed by atoms with van der Waals surface area (Å²) in [4.78, 5) is 26.6. The minimum atomic E-state index is -0.910. The van der Waals surface area contributed by atoms with Crippen LogP contribution in [0.25, 0.3) is 0 Å². The van der Waals surface area contributed by atoms with E-state index in [-0.39, 0.29) is 29.1 Å². The third-order valence-corrected chi connectivity index (χ3v) is 6.91. The highest BCUT2D eigenvalue weighted by atomic mass is 32.2. The summed E-state index contributed by atoms with van der Waals surface area (Å²) in [6.07, 6.45) is 1.33. The Kier molecular flexibility index (Phi) is 6.42. The van der Waals surface area contributed by atoms with Crippen molar-refractivity contribution in [1.29, 1.82) is 0 Å². The third-order valence-electron chi connectivity index (χ3n) is 5.63. The molecule has 1 aliphatic rings. The molecule has 0 saturated carbocycles. The fraction of sp³-hybridized carbons (Fsp3) is 0.440. The molecule has 1 aliphatic heterocycles. The van der Waals surface area contributed by atoms with Gasteiger partial charge in [-0.05, 0) is 73.1 Å². The molecular formula is C25H30O5S. The Morgan fingerprint density at radius 3 is 2.35 bits per heavy atom. The largest absolute Gasteiger partial charge is 0.508 e. The number of hydrogen-bond acceptors (Lipinski definition) is 6. The van der Waals surface area contributed by atoms with Crippen molar-refractivity contribution >= 4 is 23.5 Å². The first kappa shape index (κ1) is 23.2. The first-order valence-electron chi connectivity index (χ1n) is 10.4. The van der Waals surface area contributed by atoms with Gasteiger partial charge < -0.3 is 14.9 Å². The molecular weight excluding hydrogens is 412 g/mol. The number of rotatable bonds is 5. The zero-order chi connectivity index (χ0) is 23.0. The van der Waals surface area contributed by atoms with Crippen LogP contribution in [-0.2, 0) is 26.2 Å². The summed E-state index contributed by atoms with van der Waals surface area (Å²) in [5.41, 5.74) is 1.50. The smallest absolute Gasteiger partial charge is 0.327 e. The standard InChI is InChI=1S/C25H30O5S/c1-15-12-21(18(13-19(15)27)24(2,3)4)31-22-20(28)14-25(5,30-23(22)29)11-10-16-6-8-17(26)9-7-16/h6-9,12-13,22,26-27H,10-11,14H2,1-5H3. The lowest BCUT2D eigenvalue weighted by molar-refractivity contribution is -0.167. The monoisotopic (exact) mass is 442 g/mol. The van der Waals surface area contributed by atoms with E-state index >= 15 is 0 Å². The van der Waals surface area contributed by atoms with Crippen molar-refractivity contribution in [1.82, 2.24) is 0 Å². The van der Waals surface area contributed by atoms with Crippen molar-refractivity contribution in [3.8, 4) is 11.5 Å². The molecule has 1 fully saturated rings. The number of ether oxygens (including phenoxy) is 1. The maximum atomic E-state index is 13.0. The minimum Gasteiger partial charge on any atom is -0.508 e. The van der Waals surface area contributed by atoms with E-state index in [1.165, 1.54) is 11.8 Å². The fourth-order valence-electron chi connectivity index (χ4n) is 3.73. The predicted molar refractivity (Wildman–Crippen MR) is 122 cm³/mol. The normalized spacial score (nSPS) is 21.8. The SMILES string of the molecule is Cc1cc(SC2C(=O)CC(C)(CCc3ccc(O)cc3)OC2=O)c(C(C)(C)C)cc1O. The van der Waals surface area contributed by atoms with E-state index in [4.69, 9.17) is 4.74 Å². The van der Waals surface area contributed by atoms with E-state index in [1.807, 2.05) is 39.0 Å². The van der Waals surface area contributed by atoms with Crippen molar-refractivity contribution in [3.63, 3.8) is 0 Å². The van der Waals surface area contributed by atoms with Crippen molar-refractivity contribution < 1.29 is 24.5 Å². The van der Waals surface area contributed by atoms with Crippen LogP contribution in [0.4, 0.5) is 0 Å². The zero-order valence-corrected chi connectivity index (χ0v) is 19.5. The molecule has 2 aromatic carbocycles. The van der Waals surface area contributed by atoms with Crippen LogP contribution in [0.3, 0.4) is 0 Å². The highest BCUT2D eigenvalue weighted by Crippen LogP contribution is 2.41. The van der Waals surface area contributed by atoms with Gasteiger partial charge in [-0.2, -0.15) is 0 Å². The Morgan fingerprint density at radius 1 is 1.13 bits per heavy atom. The van der Waals surface area contributed by atoms with Crippen LogP contribution in [0, 0.1) is 6.92 Å².